The van der Waals surface area contributed by atoms with Crippen molar-refractivity contribution in [1.29, 1.82) is 0 Å². The summed E-state index contributed by atoms with van der Waals surface area (Å²) in [6.07, 6.45) is 4.98. The third-order valence-electron chi connectivity index (χ3n) is 1.89. The van der Waals surface area contributed by atoms with E-state index in [1.165, 1.54) is 25.8 Å². The highest BCUT2D eigenvalue weighted by Gasteiger charge is 1.92. The molecule has 13 heavy (non-hydrogen) atoms. The van der Waals surface area contributed by atoms with Gasteiger partial charge >= 0.3 is 0 Å². The lowest BCUT2D eigenvalue weighted by Crippen LogP contribution is -2.18. The molecule has 0 spiro atoms. The molecule has 0 aliphatic carbocycles. The fraction of sp³-hybridized carbons (Fsp3) is 1.00. The molecule has 0 unspecified atom stereocenters. The van der Waals surface area contributed by atoms with Crippen LogP contribution in [0.5, 0.6) is 0 Å². The Morgan fingerprint density at radius 3 is 2.31 bits per heavy atom. The zero-order valence-corrected chi connectivity index (χ0v) is 10.4. The van der Waals surface area contributed by atoms with Gasteiger partial charge in [-0.15, -0.1) is 24.0 Å². The Labute approximate surface area is 94.0 Å². The van der Waals surface area contributed by atoms with Crippen LogP contribution in [0.2, 0.25) is 0 Å². The van der Waals surface area contributed by atoms with Crippen molar-refractivity contribution in [3.63, 3.8) is 0 Å². The molecule has 0 heterocycles. The Hall–Kier alpha value is 0.540. The quantitative estimate of drug-likeness (QED) is 0.495. The molecule has 1 N–H and O–H groups in total. The van der Waals surface area contributed by atoms with Gasteiger partial charge in [0.2, 0.25) is 0 Å². The molecule has 0 fully saturated rings. The highest BCUT2D eigenvalue weighted by atomic mass is 35.5. The van der Waals surface area contributed by atoms with Crippen molar-refractivity contribution >= 4 is 24.0 Å². The van der Waals surface area contributed by atoms with Crippen molar-refractivity contribution in [3.05, 3.63) is 0 Å². The van der Waals surface area contributed by atoms with E-state index >= 15 is 0 Å². The summed E-state index contributed by atoms with van der Waals surface area (Å²) in [5.41, 5.74) is 0. The van der Waals surface area contributed by atoms with Crippen molar-refractivity contribution < 1.29 is 0 Å². The van der Waals surface area contributed by atoms with Crippen LogP contribution < -0.4 is 5.32 Å². The summed E-state index contributed by atoms with van der Waals surface area (Å²) >= 11 is 5.56. The SMILES string of the molecule is CC(C)CCNCCCCCCl.Cl. The van der Waals surface area contributed by atoms with Gasteiger partial charge in [0.25, 0.3) is 0 Å². The van der Waals surface area contributed by atoms with Crippen LogP contribution in [-0.4, -0.2) is 19.0 Å². The summed E-state index contributed by atoms with van der Waals surface area (Å²) in [6, 6.07) is 0. The molecule has 0 aliphatic rings. The Morgan fingerprint density at radius 2 is 1.77 bits per heavy atom. The van der Waals surface area contributed by atoms with E-state index in [1.54, 1.807) is 0 Å². The first kappa shape index (κ1) is 16.0. The van der Waals surface area contributed by atoms with Gasteiger partial charge in [-0.05, 0) is 38.3 Å². The monoisotopic (exact) mass is 227 g/mol. The summed E-state index contributed by atoms with van der Waals surface area (Å²) in [7, 11) is 0. The van der Waals surface area contributed by atoms with Crippen molar-refractivity contribution in [2.45, 2.75) is 39.5 Å². The summed E-state index contributed by atoms with van der Waals surface area (Å²) < 4.78 is 0. The minimum absolute atomic E-state index is 0. The second kappa shape index (κ2) is 12.5. The molecule has 0 aromatic rings. The third-order valence-corrected chi connectivity index (χ3v) is 2.15. The molecule has 82 valence electrons. The van der Waals surface area contributed by atoms with Gasteiger partial charge in [-0.1, -0.05) is 20.3 Å². The van der Waals surface area contributed by atoms with Gasteiger partial charge in [-0.3, -0.25) is 0 Å². The number of halogens is 2. The molecule has 0 rings (SSSR count). The van der Waals surface area contributed by atoms with Crippen LogP contribution in [0.15, 0.2) is 0 Å². The number of alkyl halides is 1. The van der Waals surface area contributed by atoms with Crippen LogP contribution in [0, 0.1) is 5.92 Å². The Bertz CT molecular complexity index is 87.0. The van der Waals surface area contributed by atoms with Gasteiger partial charge < -0.3 is 5.32 Å². The molecule has 0 saturated heterocycles. The number of rotatable bonds is 8. The minimum atomic E-state index is 0. The van der Waals surface area contributed by atoms with Gasteiger partial charge in [0.15, 0.2) is 0 Å². The van der Waals surface area contributed by atoms with E-state index in [1.807, 2.05) is 0 Å². The largest absolute Gasteiger partial charge is 0.317 e. The summed E-state index contributed by atoms with van der Waals surface area (Å²) in [6.45, 7) is 6.84. The van der Waals surface area contributed by atoms with Gasteiger partial charge in [0, 0.05) is 5.88 Å². The topological polar surface area (TPSA) is 12.0 Å². The third kappa shape index (κ3) is 15.3. The standard InChI is InChI=1S/C10H22ClN.ClH/c1-10(2)6-9-12-8-5-3-4-7-11;/h10,12H,3-9H2,1-2H3;1H. The van der Waals surface area contributed by atoms with E-state index in [2.05, 4.69) is 19.2 Å². The lowest BCUT2D eigenvalue weighted by Gasteiger charge is -2.05. The zero-order valence-electron chi connectivity index (χ0n) is 8.81. The molecular formula is C10H23Cl2N. The van der Waals surface area contributed by atoms with Crippen molar-refractivity contribution in [2.24, 2.45) is 5.92 Å². The van der Waals surface area contributed by atoms with E-state index in [0.717, 1.165) is 24.8 Å². The van der Waals surface area contributed by atoms with Crippen molar-refractivity contribution in [3.8, 4) is 0 Å². The van der Waals surface area contributed by atoms with Gasteiger partial charge in [-0.25, -0.2) is 0 Å². The van der Waals surface area contributed by atoms with E-state index in [0.29, 0.717) is 0 Å². The fourth-order valence-corrected chi connectivity index (χ4v) is 1.23. The first-order chi connectivity index (χ1) is 5.77. The molecule has 0 radical (unpaired) electrons. The minimum Gasteiger partial charge on any atom is -0.317 e. The van der Waals surface area contributed by atoms with Crippen LogP contribution in [0.3, 0.4) is 0 Å². The van der Waals surface area contributed by atoms with E-state index < -0.39 is 0 Å². The molecule has 0 aromatic carbocycles. The number of nitrogens with one attached hydrogen (secondary N) is 1. The summed E-state index contributed by atoms with van der Waals surface area (Å²) in [5.74, 6) is 1.63. The van der Waals surface area contributed by atoms with Crippen LogP contribution in [0.4, 0.5) is 0 Å². The van der Waals surface area contributed by atoms with Crippen LogP contribution in [-0.2, 0) is 0 Å². The number of hydrogen-bond acceptors (Lipinski definition) is 1. The van der Waals surface area contributed by atoms with E-state index in [-0.39, 0.29) is 12.4 Å². The zero-order chi connectivity index (χ0) is 9.23. The maximum Gasteiger partial charge on any atom is 0.0223 e. The predicted octanol–water partition coefficient (Wildman–Crippen LogP) is 3.45. The highest BCUT2D eigenvalue weighted by Crippen LogP contribution is 1.98. The molecule has 0 atom stereocenters. The molecule has 1 nitrogen and oxygen atoms in total. The Kier molecular flexibility index (Phi) is 15.4. The second-order valence-electron chi connectivity index (χ2n) is 3.68. The van der Waals surface area contributed by atoms with Crippen LogP contribution in [0.25, 0.3) is 0 Å². The Morgan fingerprint density at radius 1 is 1.08 bits per heavy atom. The average Bonchev–Trinajstić information content (AvgIpc) is 2.02. The smallest absolute Gasteiger partial charge is 0.0223 e. The van der Waals surface area contributed by atoms with Gasteiger partial charge in [0.1, 0.15) is 0 Å². The molecule has 0 aliphatic heterocycles. The van der Waals surface area contributed by atoms with Crippen molar-refractivity contribution in [1.82, 2.24) is 5.32 Å². The molecule has 0 aromatic heterocycles. The lowest BCUT2D eigenvalue weighted by atomic mass is 10.1. The molecular weight excluding hydrogens is 205 g/mol. The normalized spacial score (nSPS) is 10.2. The highest BCUT2D eigenvalue weighted by molar-refractivity contribution is 6.17. The maximum absolute atomic E-state index is 5.56. The molecule has 0 saturated carbocycles. The van der Waals surface area contributed by atoms with Crippen LogP contribution in [0.1, 0.15) is 39.5 Å². The molecule has 3 heteroatoms. The predicted molar refractivity (Wildman–Crippen MR) is 64.1 cm³/mol. The van der Waals surface area contributed by atoms with Crippen molar-refractivity contribution in [2.75, 3.05) is 19.0 Å². The summed E-state index contributed by atoms with van der Waals surface area (Å²) in [4.78, 5) is 0. The van der Waals surface area contributed by atoms with Gasteiger partial charge in [0.05, 0.1) is 0 Å². The Balaban J connectivity index is 0. The number of hydrogen-bond donors (Lipinski definition) is 1. The number of unbranched alkanes of at least 4 members (excludes halogenated alkanes) is 2. The van der Waals surface area contributed by atoms with Gasteiger partial charge in [-0.2, -0.15) is 0 Å². The first-order valence-electron chi connectivity index (χ1n) is 5.04. The second-order valence-corrected chi connectivity index (χ2v) is 4.06. The lowest BCUT2D eigenvalue weighted by molar-refractivity contribution is 0.526. The first-order valence-corrected chi connectivity index (χ1v) is 5.57. The van der Waals surface area contributed by atoms with Crippen LogP contribution >= 0.6 is 24.0 Å². The van der Waals surface area contributed by atoms with E-state index in [9.17, 15) is 0 Å². The van der Waals surface area contributed by atoms with E-state index in [4.69, 9.17) is 11.6 Å². The average molecular weight is 228 g/mol. The molecule has 0 bridgehead atoms. The summed E-state index contributed by atoms with van der Waals surface area (Å²) in [5, 5.41) is 3.43. The fourth-order valence-electron chi connectivity index (χ4n) is 1.04. The molecule has 0 amide bonds. The maximum atomic E-state index is 5.56.